The summed E-state index contributed by atoms with van der Waals surface area (Å²) < 4.78 is 5.18. The van der Waals surface area contributed by atoms with Crippen LogP contribution in [0.3, 0.4) is 0 Å². The number of hydrogen-bond donors (Lipinski definition) is 1. The smallest absolute Gasteiger partial charge is 0.339 e. The van der Waals surface area contributed by atoms with Gasteiger partial charge in [0, 0.05) is 12.6 Å². The van der Waals surface area contributed by atoms with Crippen LogP contribution in [0.15, 0.2) is 18.2 Å². The standard InChI is InChI=1S/C16H24N2O3/c1-17-8-6-13(7-9-17)18(2)11-12-4-5-14(16(19)20)15(10-12)21-3/h4-5,10,13H,6-9,11H2,1-3H3,(H,19,20). The van der Waals surface area contributed by atoms with Gasteiger partial charge in [0.1, 0.15) is 11.3 Å². The van der Waals surface area contributed by atoms with E-state index < -0.39 is 5.97 Å². The number of benzene rings is 1. The van der Waals surface area contributed by atoms with Crippen LogP contribution in [0.1, 0.15) is 28.8 Å². The van der Waals surface area contributed by atoms with Crippen molar-refractivity contribution in [3.05, 3.63) is 29.3 Å². The van der Waals surface area contributed by atoms with Gasteiger partial charge in [-0.25, -0.2) is 4.79 Å². The fourth-order valence-electron chi connectivity index (χ4n) is 2.86. The molecular formula is C16H24N2O3. The van der Waals surface area contributed by atoms with Gasteiger partial charge in [0.25, 0.3) is 0 Å². The maximum Gasteiger partial charge on any atom is 0.339 e. The summed E-state index contributed by atoms with van der Waals surface area (Å²) in [7, 11) is 5.80. The quantitative estimate of drug-likeness (QED) is 0.898. The minimum absolute atomic E-state index is 0.211. The molecule has 0 spiro atoms. The topological polar surface area (TPSA) is 53.0 Å². The summed E-state index contributed by atoms with van der Waals surface area (Å²) in [4.78, 5) is 15.8. The van der Waals surface area contributed by atoms with Gasteiger partial charge in [-0.15, -0.1) is 0 Å². The fourth-order valence-corrected chi connectivity index (χ4v) is 2.86. The number of rotatable bonds is 5. The third kappa shape index (κ3) is 3.95. The Balaban J connectivity index is 2.03. The molecule has 1 aromatic carbocycles. The number of aromatic carboxylic acids is 1. The van der Waals surface area contributed by atoms with Gasteiger partial charge in [-0.1, -0.05) is 6.07 Å². The molecule has 1 fully saturated rings. The van der Waals surface area contributed by atoms with Gasteiger partial charge in [-0.3, -0.25) is 4.90 Å². The Kier molecular flexibility index (Phi) is 5.20. The summed E-state index contributed by atoms with van der Waals surface area (Å²) in [6.07, 6.45) is 2.36. The van der Waals surface area contributed by atoms with Gasteiger partial charge in [-0.2, -0.15) is 0 Å². The number of hydrogen-bond acceptors (Lipinski definition) is 4. The molecule has 1 aromatic rings. The van der Waals surface area contributed by atoms with Crippen LogP contribution in [0, 0.1) is 0 Å². The highest BCUT2D eigenvalue weighted by Crippen LogP contribution is 2.22. The fraction of sp³-hybridized carbons (Fsp3) is 0.562. The average molecular weight is 292 g/mol. The highest BCUT2D eigenvalue weighted by molar-refractivity contribution is 5.90. The zero-order valence-electron chi connectivity index (χ0n) is 13.0. The van der Waals surface area contributed by atoms with Crippen LogP contribution in [-0.4, -0.2) is 61.2 Å². The van der Waals surface area contributed by atoms with Crippen LogP contribution in [0.25, 0.3) is 0 Å². The minimum Gasteiger partial charge on any atom is -0.496 e. The van der Waals surface area contributed by atoms with Crippen LogP contribution in [-0.2, 0) is 6.54 Å². The molecule has 5 nitrogen and oxygen atoms in total. The van der Waals surface area contributed by atoms with Crippen molar-refractivity contribution in [2.75, 3.05) is 34.3 Å². The molecule has 116 valence electrons. The maximum atomic E-state index is 11.1. The average Bonchev–Trinajstić information content (AvgIpc) is 2.47. The Bertz CT molecular complexity index is 496. The Hall–Kier alpha value is -1.59. The Morgan fingerprint density at radius 3 is 2.67 bits per heavy atom. The van der Waals surface area contributed by atoms with E-state index in [9.17, 15) is 4.79 Å². The zero-order chi connectivity index (χ0) is 15.4. The number of methoxy groups -OCH3 is 1. The maximum absolute atomic E-state index is 11.1. The molecular weight excluding hydrogens is 268 g/mol. The van der Waals surface area contributed by atoms with Gasteiger partial charge >= 0.3 is 5.97 Å². The molecule has 1 aliphatic heterocycles. The predicted molar refractivity (Wildman–Crippen MR) is 81.9 cm³/mol. The largest absolute Gasteiger partial charge is 0.496 e. The molecule has 0 amide bonds. The molecule has 0 saturated carbocycles. The molecule has 0 unspecified atom stereocenters. The van der Waals surface area contributed by atoms with E-state index in [0.29, 0.717) is 11.8 Å². The monoisotopic (exact) mass is 292 g/mol. The first-order valence-corrected chi connectivity index (χ1v) is 7.30. The van der Waals surface area contributed by atoms with Crippen molar-refractivity contribution in [1.82, 2.24) is 9.80 Å². The van der Waals surface area contributed by atoms with E-state index in [4.69, 9.17) is 9.84 Å². The highest BCUT2D eigenvalue weighted by atomic mass is 16.5. The van der Waals surface area contributed by atoms with Crippen LogP contribution in [0.2, 0.25) is 0 Å². The van der Waals surface area contributed by atoms with Crippen LogP contribution in [0.5, 0.6) is 5.75 Å². The number of carboxylic acids is 1. The first-order valence-electron chi connectivity index (χ1n) is 7.30. The molecule has 1 aliphatic rings. The molecule has 0 bridgehead atoms. The molecule has 0 atom stereocenters. The van der Waals surface area contributed by atoms with E-state index in [-0.39, 0.29) is 5.56 Å². The van der Waals surface area contributed by atoms with Gasteiger partial charge in [0.05, 0.1) is 7.11 Å². The third-order valence-corrected chi connectivity index (χ3v) is 4.24. The van der Waals surface area contributed by atoms with Crippen LogP contribution < -0.4 is 4.74 Å². The second kappa shape index (κ2) is 6.91. The summed E-state index contributed by atoms with van der Waals surface area (Å²) in [5.74, 6) is -0.529. The predicted octanol–water partition coefficient (Wildman–Crippen LogP) is 1.92. The highest BCUT2D eigenvalue weighted by Gasteiger charge is 2.21. The van der Waals surface area contributed by atoms with E-state index >= 15 is 0 Å². The summed E-state index contributed by atoms with van der Waals surface area (Å²) in [5, 5.41) is 9.10. The van der Waals surface area contributed by atoms with Crippen molar-refractivity contribution in [2.24, 2.45) is 0 Å². The molecule has 5 heteroatoms. The zero-order valence-corrected chi connectivity index (χ0v) is 13.0. The minimum atomic E-state index is -0.956. The lowest BCUT2D eigenvalue weighted by Crippen LogP contribution is -2.41. The number of carbonyl (C=O) groups is 1. The first kappa shape index (κ1) is 15.8. The lowest BCUT2D eigenvalue weighted by atomic mass is 10.0. The molecule has 1 heterocycles. The number of nitrogens with zero attached hydrogens (tertiary/aromatic N) is 2. The van der Waals surface area contributed by atoms with Crippen molar-refractivity contribution < 1.29 is 14.6 Å². The van der Waals surface area contributed by atoms with E-state index in [1.807, 2.05) is 12.1 Å². The van der Waals surface area contributed by atoms with E-state index in [0.717, 1.165) is 25.2 Å². The van der Waals surface area contributed by atoms with E-state index in [1.54, 1.807) is 6.07 Å². The summed E-state index contributed by atoms with van der Waals surface area (Å²) >= 11 is 0. The number of piperidine rings is 1. The molecule has 1 saturated heterocycles. The Labute approximate surface area is 126 Å². The molecule has 0 aromatic heterocycles. The lowest BCUT2D eigenvalue weighted by Gasteiger charge is -2.35. The molecule has 1 N–H and O–H groups in total. The van der Waals surface area contributed by atoms with Gasteiger partial charge in [0.15, 0.2) is 0 Å². The van der Waals surface area contributed by atoms with Gasteiger partial charge in [0.2, 0.25) is 0 Å². The second-order valence-corrected chi connectivity index (χ2v) is 5.79. The van der Waals surface area contributed by atoms with E-state index in [1.165, 1.54) is 20.0 Å². The van der Waals surface area contributed by atoms with Crippen molar-refractivity contribution in [2.45, 2.75) is 25.4 Å². The van der Waals surface area contributed by atoms with Crippen molar-refractivity contribution in [3.63, 3.8) is 0 Å². The Morgan fingerprint density at radius 2 is 2.10 bits per heavy atom. The number of likely N-dealkylation sites (tertiary alicyclic amines) is 1. The van der Waals surface area contributed by atoms with Crippen LogP contribution >= 0.6 is 0 Å². The van der Waals surface area contributed by atoms with Crippen molar-refractivity contribution in [1.29, 1.82) is 0 Å². The van der Waals surface area contributed by atoms with Crippen molar-refractivity contribution in [3.8, 4) is 5.75 Å². The first-order chi connectivity index (χ1) is 10.0. The SMILES string of the molecule is COc1cc(CN(C)C2CCN(C)CC2)ccc1C(=O)O. The third-order valence-electron chi connectivity index (χ3n) is 4.24. The Morgan fingerprint density at radius 1 is 1.43 bits per heavy atom. The van der Waals surface area contributed by atoms with Gasteiger partial charge in [-0.05, 0) is 57.7 Å². The summed E-state index contributed by atoms with van der Waals surface area (Å²) in [5.41, 5.74) is 1.29. The summed E-state index contributed by atoms with van der Waals surface area (Å²) in [6, 6.07) is 5.91. The lowest BCUT2D eigenvalue weighted by molar-refractivity contribution is 0.0693. The number of carboxylic acid groups (broad SMARTS) is 1. The van der Waals surface area contributed by atoms with Gasteiger partial charge < -0.3 is 14.7 Å². The van der Waals surface area contributed by atoms with E-state index in [2.05, 4.69) is 23.9 Å². The molecule has 2 rings (SSSR count). The molecule has 0 aliphatic carbocycles. The second-order valence-electron chi connectivity index (χ2n) is 5.79. The van der Waals surface area contributed by atoms with Crippen LogP contribution in [0.4, 0.5) is 0 Å². The number of ether oxygens (including phenoxy) is 1. The summed E-state index contributed by atoms with van der Waals surface area (Å²) in [6.45, 7) is 3.08. The van der Waals surface area contributed by atoms with Crippen molar-refractivity contribution >= 4 is 5.97 Å². The normalized spacial score (nSPS) is 17.1. The molecule has 0 radical (unpaired) electrons. The molecule has 21 heavy (non-hydrogen) atoms.